The summed E-state index contributed by atoms with van der Waals surface area (Å²) < 4.78 is 0. The molecular formula is C13H18N2O4. The van der Waals surface area contributed by atoms with E-state index in [9.17, 15) is 20.0 Å². The smallest absolute Gasteiger partial charge is 0.311 e. The zero-order valence-electron chi connectivity index (χ0n) is 11.3. The maximum Gasteiger partial charge on any atom is 0.311 e. The molecule has 0 bridgehead atoms. The van der Waals surface area contributed by atoms with Crippen molar-refractivity contribution in [1.29, 1.82) is 0 Å². The number of aromatic hydroxyl groups is 1. The highest BCUT2D eigenvalue weighted by Gasteiger charge is 2.25. The molecule has 0 heterocycles. The van der Waals surface area contributed by atoms with Crippen molar-refractivity contribution in [2.75, 3.05) is 6.54 Å². The third kappa shape index (κ3) is 3.01. The molecule has 1 atom stereocenters. The van der Waals surface area contributed by atoms with E-state index in [-0.39, 0.29) is 11.6 Å². The van der Waals surface area contributed by atoms with Gasteiger partial charge in [0.15, 0.2) is 0 Å². The van der Waals surface area contributed by atoms with Gasteiger partial charge in [-0.15, -0.1) is 0 Å². The Morgan fingerprint density at radius 3 is 2.58 bits per heavy atom. The number of phenolic OH excluding ortho intramolecular Hbond substituents is 1. The summed E-state index contributed by atoms with van der Waals surface area (Å²) in [6, 6.07) is 3.98. The lowest BCUT2D eigenvalue weighted by Crippen LogP contribution is -2.38. The second-order valence-corrected chi connectivity index (χ2v) is 4.28. The van der Waals surface area contributed by atoms with E-state index in [0.717, 1.165) is 6.42 Å². The number of para-hydroxylation sites is 1. The van der Waals surface area contributed by atoms with E-state index < -0.39 is 22.3 Å². The van der Waals surface area contributed by atoms with Crippen LogP contribution in [0, 0.1) is 10.1 Å². The van der Waals surface area contributed by atoms with Crippen LogP contribution in [0.15, 0.2) is 18.2 Å². The Labute approximate surface area is 111 Å². The van der Waals surface area contributed by atoms with Crippen molar-refractivity contribution in [3.8, 4) is 5.75 Å². The highest BCUT2D eigenvalue weighted by Crippen LogP contribution is 2.30. The highest BCUT2D eigenvalue weighted by molar-refractivity contribution is 5.98. The quantitative estimate of drug-likeness (QED) is 0.655. The van der Waals surface area contributed by atoms with Gasteiger partial charge in [-0.2, -0.15) is 0 Å². The Kier molecular flexibility index (Phi) is 4.86. The molecule has 19 heavy (non-hydrogen) atoms. The monoisotopic (exact) mass is 266 g/mol. The Hall–Kier alpha value is -2.11. The molecular weight excluding hydrogens is 248 g/mol. The number of hydrogen-bond acceptors (Lipinski definition) is 4. The van der Waals surface area contributed by atoms with Gasteiger partial charge in [-0.05, 0) is 26.3 Å². The van der Waals surface area contributed by atoms with Crippen molar-refractivity contribution in [3.63, 3.8) is 0 Å². The van der Waals surface area contributed by atoms with Crippen LogP contribution in [0.4, 0.5) is 5.69 Å². The minimum Gasteiger partial charge on any atom is -0.502 e. The molecule has 0 saturated heterocycles. The van der Waals surface area contributed by atoms with Crippen LogP contribution in [-0.2, 0) is 0 Å². The lowest BCUT2D eigenvalue weighted by molar-refractivity contribution is -0.385. The van der Waals surface area contributed by atoms with Crippen molar-refractivity contribution in [2.24, 2.45) is 0 Å². The molecule has 6 nitrogen and oxygen atoms in total. The van der Waals surface area contributed by atoms with Crippen LogP contribution in [0.1, 0.15) is 37.6 Å². The molecule has 0 aromatic heterocycles. The van der Waals surface area contributed by atoms with E-state index in [1.807, 2.05) is 20.8 Å². The first kappa shape index (κ1) is 14.9. The molecule has 1 unspecified atom stereocenters. The van der Waals surface area contributed by atoms with Crippen molar-refractivity contribution in [3.05, 3.63) is 33.9 Å². The van der Waals surface area contributed by atoms with E-state index in [1.165, 1.54) is 18.2 Å². The van der Waals surface area contributed by atoms with Gasteiger partial charge in [0, 0.05) is 18.7 Å². The molecule has 104 valence electrons. The largest absolute Gasteiger partial charge is 0.502 e. The summed E-state index contributed by atoms with van der Waals surface area (Å²) in [6.45, 7) is 6.16. The Morgan fingerprint density at radius 2 is 2.11 bits per heavy atom. The fourth-order valence-corrected chi connectivity index (χ4v) is 1.88. The number of amides is 1. The number of carbonyl (C=O) groups is 1. The molecule has 0 fully saturated rings. The number of nitro groups is 1. The molecule has 1 N–H and O–H groups in total. The summed E-state index contributed by atoms with van der Waals surface area (Å²) in [5.41, 5.74) is -0.484. The van der Waals surface area contributed by atoms with Crippen LogP contribution in [-0.4, -0.2) is 33.4 Å². The first-order valence-corrected chi connectivity index (χ1v) is 6.21. The van der Waals surface area contributed by atoms with Gasteiger partial charge >= 0.3 is 5.69 Å². The standard InChI is InChI=1S/C13H18N2O4/c1-4-9(3)14(5-2)13(17)10-7-6-8-11(12(10)16)15(18)19/h6-9,16H,4-5H2,1-3H3. The second kappa shape index (κ2) is 6.17. The zero-order valence-corrected chi connectivity index (χ0v) is 11.3. The van der Waals surface area contributed by atoms with Gasteiger partial charge in [-0.1, -0.05) is 13.0 Å². The molecule has 6 heteroatoms. The van der Waals surface area contributed by atoms with Gasteiger partial charge in [0.1, 0.15) is 0 Å². The van der Waals surface area contributed by atoms with E-state index >= 15 is 0 Å². The zero-order chi connectivity index (χ0) is 14.6. The van der Waals surface area contributed by atoms with Crippen molar-refractivity contribution in [2.45, 2.75) is 33.2 Å². The van der Waals surface area contributed by atoms with Crippen LogP contribution in [0.2, 0.25) is 0 Å². The highest BCUT2D eigenvalue weighted by atomic mass is 16.6. The summed E-state index contributed by atoms with van der Waals surface area (Å²) in [5.74, 6) is -0.961. The third-order valence-corrected chi connectivity index (χ3v) is 3.17. The number of nitrogens with zero attached hydrogens (tertiary/aromatic N) is 2. The van der Waals surface area contributed by atoms with E-state index in [2.05, 4.69) is 0 Å². The number of benzene rings is 1. The number of hydrogen-bond donors (Lipinski definition) is 1. The van der Waals surface area contributed by atoms with Gasteiger partial charge < -0.3 is 10.0 Å². The van der Waals surface area contributed by atoms with E-state index in [1.54, 1.807) is 4.90 Å². The summed E-state index contributed by atoms with van der Waals surface area (Å²) in [4.78, 5) is 23.9. The normalized spacial score (nSPS) is 11.9. The maximum atomic E-state index is 12.3. The molecule has 0 spiro atoms. The average molecular weight is 266 g/mol. The van der Waals surface area contributed by atoms with Crippen LogP contribution >= 0.6 is 0 Å². The summed E-state index contributed by atoms with van der Waals surface area (Å²) in [5, 5.41) is 20.6. The van der Waals surface area contributed by atoms with Gasteiger partial charge in [0.05, 0.1) is 10.5 Å². The predicted octanol–water partition coefficient (Wildman–Crippen LogP) is 2.56. The van der Waals surface area contributed by atoms with Crippen LogP contribution < -0.4 is 0 Å². The SMILES string of the molecule is CCC(C)N(CC)C(=O)c1cccc([N+](=O)[O-])c1O. The third-order valence-electron chi connectivity index (χ3n) is 3.17. The van der Waals surface area contributed by atoms with Gasteiger partial charge in [-0.3, -0.25) is 14.9 Å². The second-order valence-electron chi connectivity index (χ2n) is 4.28. The Bertz CT molecular complexity index is 488. The number of carbonyl (C=O) groups excluding carboxylic acids is 1. The predicted molar refractivity (Wildman–Crippen MR) is 71.2 cm³/mol. The average Bonchev–Trinajstić information content (AvgIpc) is 2.38. The van der Waals surface area contributed by atoms with Gasteiger partial charge in [-0.25, -0.2) is 0 Å². The molecule has 1 aromatic carbocycles. The summed E-state index contributed by atoms with van der Waals surface area (Å²) in [7, 11) is 0. The topological polar surface area (TPSA) is 83.7 Å². The molecule has 0 aliphatic carbocycles. The van der Waals surface area contributed by atoms with Crippen molar-refractivity contribution in [1.82, 2.24) is 4.90 Å². The lowest BCUT2D eigenvalue weighted by Gasteiger charge is -2.27. The number of nitro benzene ring substituents is 1. The Morgan fingerprint density at radius 1 is 1.47 bits per heavy atom. The molecule has 0 saturated carbocycles. The minimum absolute atomic E-state index is 0.0103. The van der Waals surface area contributed by atoms with Crippen molar-refractivity contribution >= 4 is 11.6 Å². The van der Waals surface area contributed by atoms with Crippen LogP contribution in [0.3, 0.4) is 0 Å². The Balaban J connectivity index is 3.19. The summed E-state index contributed by atoms with van der Waals surface area (Å²) in [6.07, 6.45) is 0.773. The van der Waals surface area contributed by atoms with Gasteiger partial charge in [0.25, 0.3) is 5.91 Å². The number of rotatable bonds is 5. The lowest BCUT2D eigenvalue weighted by atomic mass is 10.1. The molecule has 0 radical (unpaired) electrons. The molecule has 1 amide bonds. The van der Waals surface area contributed by atoms with Crippen molar-refractivity contribution < 1.29 is 14.8 Å². The van der Waals surface area contributed by atoms with E-state index in [0.29, 0.717) is 6.54 Å². The minimum atomic E-state index is -0.703. The molecule has 1 aromatic rings. The molecule has 0 aliphatic rings. The van der Waals surface area contributed by atoms with Gasteiger partial charge in [0.2, 0.25) is 5.75 Å². The van der Waals surface area contributed by atoms with Crippen LogP contribution in [0.25, 0.3) is 0 Å². The fourth-order valence-electron chi connectivity index (χ4n) is 1.88. The van der Waals surface area contributed by atoms with Crippen LogP contribution in [0.5, 0.6) is 5.75 Å². The number of phenols is 1. The molecule has 1 rings (SSSR count). The maximum absolute atomic E-state index is 12.3. The molecule has 0 aliphatic heterocycles. The first-order valence-electron chi connectivity index (χ1n) is 6.21. The summed E-state index contributed by atoms with van der Waals surface area (Å²) >= 11 is 0. The van der Waals surface area contributed by atoms with E-state index in [4.69, 9.17) is 0 Å². The first-order chi connectivity index (χ1) is 8.93. The fraction of sp³-hybridized carbons (Fsp3) is 0.462.